The zero-order chi connectivity index (χ0) is 24.8. The van der Waals surface area contributed by atoms with Gasteiger partial charge in [0.1, 0.15) is 0 Å². The van der Waals surface area contributed by atoms with E-state index in [-0.39, 0.29) is 11.4 Å². The van der Waals surface area contributed by atoms with Crippen LogP contribution in [0, 0.1) is 0 Å². The number of rotatable bonds is 4. The Kier molecular flexibility index (Phi) is 5.35. The monoisotopic (exact) mass is 485 g/mol. The van der Waals surface area contributed by atoms with E-state index in [4.69, 9.17) is 0 Å². The molecule has 0 spiro atoms. The van der Waals surface area contributed by atoms with Crippen molar-refractivity contribution in [2.45, 2.75) is 12.6 Å². The third-order valence-corrected chi connectivity index (χ3v) is 5.63. The van der Waals surface area contributed by atoms with E-state index < -0.39 is 12.6 Å². The van der Waals surface area contributed by atoms with Crippen LogP contribution >= 0.6 is 0 Å². The summed E-state index contributed by atoms with van der Waals surface area (Å²) < 4.78 is 77.7. The van der Waals surface area contributed by atoms with Gasteiger partial charge in [0, 0.05) is 44.3 Å². The van der Waals surface area contributed by atoms with Crippen molar-refractivity contribution in [3.8, 4) is 22.3 Å². The molecular formula is C26H17F6N3. The minimum absolute atomic E-state index is 0.0634. The van der Waals surface area contributed by atoms with Crippen molar-refractivity contribution in [1.29, 1.82) is 0 Å². The second-order valence-electron chi connectivity index (χ2n) is 7.98. The summed E-state index contributed by atoms with van der Waals surface area (Å²) in [6.07, 6.45) is -9.15. The van der Waals surface area contributed by atoms with Gasteiger partial charge in [0.25, 0.3) is 0 Å². The molecule has 0 aliphatic heterocycles. The van der Waals surface area contributed by atoms with Crippen molar-refractivity contribution >= 4 is 33.2 Å². The number of aromatic nitrogens is 1. The Hall–Kier alpha value is -4.14. The van der Waals surface area contributed by atoms with E-state index in [1.807, 2.05) is 12.1 Å². The van der Waals surface area contributed by atoms with Crippen LogP contribution in [0.3, 0.4) is 0 Å². The molecule has 0 bridgehead atoms. The van der Waals surface area contributed by atoms with E-state index in [0.29, 0.717) is 33.3 Å². The number of halogens is 6. The Morgan fingerprint density at radius 2 is 0.914 bits per heavy atom. The van der Waals surface area contributed by atoms with Crippen molar-refractivity contribution in [2.75, 3.05) is 10.6 Å². The molecule has 1 heterocycles. The first-order valence-corrected chi connectivity index (χ1v) is 10.5. The van der Waals surface area contributed by atoms with Crippen LogP contribution in [-0.2, 0) is 0 Å². The molecule has 0 aliphatic carbocycles. The fraction of sp³-hybridized carbons (Fsp3) is 0.0769. The first kappa shape index (κ1) is 22.6. The highest BCUT2D eigenvalue weighted by atomic mass is 19.4. The first-order chi connectivity index (χ1) is 16.6. The van der Waals surface area contributed by atoms with Gasteiger partial charge >= 0.3 is 12.6 Å². The minimum atomic E-state index is -4.57. The molecule has 0 saturated heterocycles. The number of alkyl halides is 6. The van der Waals surface area contributed by atoms with Crippen molar-refractivity contribution in [3.63, 3.8) is 0 Å². The van der Waals surface area contributed by atoms with Gasteiger partial charge in [0.15, 0.2) is 0 Å². The molecule has 5 rings (SSSR count). The predicted octanol–water partition coefficient (Wildman–Crippen LogP) is 8.52. The second-order valence-corrected chi connectivity index (χ2v) is 7.98. The molecule has 0 unspecified atom stereocenters. The number of hydrogen-bond acceptors (Lipinski definition) is 2. The summed E-state index contributed by atoms with van der Waals surface area (Å²) in [5.41, 5.74) is 3.19. The van der Waals surface area contributed by atoms with Gasteiger partial charge in [-0.05, 0) is 35.4 Å². The molecule has 5 aromatic rings. The topological polar surface area (TPSA) is 39.9 Å². The lowest BCUT2D eigenvalue weighted by molar-refractivity contribution is -0.101. The van der Waals surface area contributed by atoms with E-state index in [2.05, 4.69) is 4.98 Å². The highest BCUT2D eigenvalue weighted by Gasteiger charge is 2.29. The fourth-order valence-electron chi connectivity index (χ4n) is 4.24. The lowest BCUT2D eigenvalue weighted by atomic mass is 10.00. The van der Waals surface area contributed by atoms with E-state index in [0.717, 1.165) is 10.8 Å². The van der Waals surface area contributed by atoms with Gasteiger partial charge in [-0.3, -0.25) is 10.6 Å². The maximum absolute atomic E-state index is 12.9. The van der Waals surface area contributed by atoms with Gasteiger partial charge in [-0.1, -0.05) is 60.7 Å². The van der Waals surface area contributed by atoms with E-state index in [1.54, 1.807) is 59.2 Å². The summed E-state index contributed by atoms with van der Waals surface area (Å²) in [6.45, 7) is 0. The maximum atomic E-state index is 12.9. The lowest BCUT2D eigenvalue weighted by Gasteiger charge is -2.14. The van der Waals surface area contributed by atoms with Crippen LogP contribution in [0.1, 0.15) is 0 Å². The molecule has 0 atom stereocenters. The second kappa shape index (κ2) is 8.26. The van der Waals surface area contributed by atoms with Crippen LogP contribution in [0.2, 0.25) is 0 Å². The van der Waals surface area contributed by atoms with E-state index in [1.165, 1.54) is 24.3 Å². The smallest absolute Gasteiger partial charge is 0.354 e. The number of aromatic amines is 1. The molecule has 3 nitrogen and oxygen atoms in total. The number of fused-ring (bicyclic) bond motifs is 3. The summed E-state index contributed by atoms with van der Waals surface area (Å²) in [7, 11) is 0. The maximum Gasteiger partial charge on any atom is 0.482 e. The molecule has 3 N–H and O–H groups in total. The predicted molar refractivity (Wildman–Crippen MR) is 126 cm³/mol. The van der Waals surface area contributed by atoms with Crippen molar-refractivity contribution in [3.05, 3.63) is 84.9 Å². The van der Waals surface area contributed by atoms with Gasteiger partial charge in [0.2, 0.25) is 0 Å². The molecule has 35 heavy (non-hydrogen) atoms. The summed E-state index contributed by atoms with van der Waals surface area (Å²) in [6, 6.07) is 22.9. The molecule has 1 aromatic heterocycles. The normalized spacial score (nSPS) is 12.3. The molecule has 0 fully saturated rings. The third-order valence-electron chi connectivity index (χ3n) is 5.63. The number of para-hydroxylation sites is 2. The fourth-order valence-corrected chi connectivity index (χ4v) is 4.24. The number of nitrogens with one attached hydrogen (secondary N) is 3. The largest absolute Gasteiger partial charge is 0.482 e. The van der Waals surface area contributed by atoms with Crippen molar-refractivity contribution in [2.24, 2.45) is 0 Å². The quantitative estimate of drug-likeness (QED) is 0.176. The van der Waals surface area contributed by atoms with Gasteiger partial charge in [-0.15, -0.1) is 0 Å². The Bertz CT molecular complexity index is 1420. The average Bonchev–Trinajstić information content (AvgIpc) is 3.14. The van der Waals surface area contributed by atoms with Crippen molar-refractivity contribution in [1.82, 2.24) is 4.98 Å². The van der Waals surface area contributed by atoms with Crippen LogP contribution in [0.25, 0.3) is 44.1 Å². The molecule has 0 amide bonds. The van der Waals surface area contributed by atoms with E-state index >= 15 is 0 Å². The van der Waals surface area contributed by atoms with Gasteiger partial charge < -0.3 is 4.98 Å². The lowest BCUT2D eigenvalue weighted by Crippen LogP contribution is -2.21. The van der Waals surface area contributed by atoms with Crippen LogP contribution in [0.15, 0.2) is 84.9 Å². The van der Waals surface area contributed by atoms with Gasteiger partial charge in [-0.25, -0.2) is 0 Å². The summed E-state index contributed by atoms with van der Waals surface area (Å²) in [5, 5.41) is 4.84. The molecule has 9 heteroatoms. The Morgan fingerprint density at radius 1 is 0.514 bits per heavy atom. The number of H-pyrrole nitrogens is 1. The minimum Gasteiger partial charge on any atom is -0.354 e. The van der Waals surface area contributed by atoms with Crippen LogP contribution in [0.5, 0.6) is 0 Å². The Morgan fingerprint density at radius 3 is 1.31 bits per heavy atom. The van der Waals surface area contributed by atoms with Gasteiger partial charge in [0.05, 0.1) is 0 Å². The molecule has 4 aromatic carbocycles. The molecular weight excluding hydrogens is 468 g/mol. The van der Waals surface area contributed by atoms with Gasteiger partial charge in [-0.2, -0.15) is 26.3 Å². The summed E-state index contributed by atoms with van der Waals surface area (Å²) in [4.78, 5) is 3.25. The van der Waals surface area contributed by atoms with Crippen LogP contribution in [-0.4, -0.2) is 17.6 Å². The molecule has 0 aliphatic rings. The van der Waals surface area contributed by atoms with Crippen LogP contribution < -0.4 is 10.6 Å². The van der Waals surface area contributed by atoms with Crippen molar-refractivity contribution < 1.29 is 26.3 Å². The number of benzene rings is 4. The number of hydrogen-bond donors (Lipinski definition) is 3. The first-order valence-electron chi connectivity index (χ1n) is 10.5. The zero-order valence-corrected chi connectivity index (χ0v) is 17.9. The highest BCUT2D eigenvalue weighted by Crippen LogP contribution is 2.37. The number of anilines is 2. The standard InChI is InChI=1S/C26H17F6N3/c27-25(28,29)34-21-7-3-1-5-17(21)15-9-11-19-20-12-10-16(14-24(20)33-23(19)13-15)18-6-2-4-8-22(18)35-26(30,31)32/h1-14,33-35H. The summed E-state index contributed by atoms with van der Waals surface area (Å²) >= 11 is 0. The molecule has 0 saturated carbocycles. The van der Waals surface area contributed by atoms with Crippen LogP contribution in [0.4, 0.5) is 37.7 Å². The summed E-state index contributed by atoms with van der Waals surface area (Å²) in [5.74, 6) is 0. The SMILES string of the molecule is FC(F)(F)Nc1ccccc1-c1ccc2c(c1)[nH]c1cc(-c3ccccc3NC(F)(F)F)ccc12. The Labute approximate surface area is 195 Å². The zero-order valence-electron chi connectivity index (χ0n) is 17.9. The molecule has 0 radical (unpaired) electrons. The highest BCUT2D eigenvalue weighted by molar-refractivity contribution is 6.09. The average molecular weight is 485 g/mol. The Balaban J connectivity index is 1.58. The third kappa shape index (κ3) is 4.75. The van der Waals surface area contributed by atoms with E-state index in [9.17, 15) is 26.3 Å². The molecule has 178 valence electrons.